The van der Waals surface area contributed by atoms with Gasteiger partial charge in [0.25, 0.3) is 5.91 Å². The third kappa shape index (κ3) is 4.56. The summed E-state index contributed by atoms with van der Waals surface area (Å²) in [4.78, 5) is 25.8. The van der Waals surface area contributed by atoms with Crippen molar-refractivity contribution < 1.29 is 14.3 Å². The zero-order valence-corrected chi connectivity index (χ0v) is 12.4. The quantitative estimate of drug-likeness (QED) is 0.835. The number of ether oxygens (including phenoxy) is 1. The van der Waals surface area contributed by atoms with E-state index in [-0.39, 0.29) is 17.9 Å². The zero-order valence-electron chi connectivity index (χ0n) is 12.4. The second-order valence-corrected chi connectivity index (χ2v) is 5.24. The Kier molecular flexibility index (Phi) is 5.75. The molecule has 0 aromatic heterocycles. The molecule has 0 unspecified atom stereocenters. The van der Waals surface area contributed by atoms with E-state index >= 15 is 0 Å². The summed E-state index contributed by atoms with van der Waals surface area (Å²) in [5.41, 5.74) is 0.644. The monoisotopic (exact) mass is 290 g/mol. The van der Waals surface area contributed by atoms with Crippen LogP contribution in [0.25, 0.3) is 0 Å². The van der Waals surface area contributed by atoms with Crippen molar-refractivity contribution in [3.8, 4) is 0 Å². The van der Waals surface area contributed by atoms with Gasteiger partial charge in [-0.2, -0.15) is 0 Å². The molecule has 1 N–H and O–H groups in total. The molecule has 1 saturated heterocycles. The van der Waals surface area contributed by atoms with Gasteiger partial charge in [-0.1, -0.05) is 18.2 Å². The molecule has 5 heteroatoms. The lowest BCUT2D eigenvalue weighted by Gasteiger charge is -2.33. The molecule has 1 aliphatic heterocycles. The van der Waals surface area contributed by atoms with Gasteiger partial charge in [-0.3, -0.25) is 9.59 Å². The second-order valence-electron chi connectivity index (χ2n) is 5.24. The highest BCUT2D eigenvalue weighted by Crippen LogP contribution is 2.09. The van der Waals surface area contributed by atoms with E-state index in [9.17, 15) is 9.59 Å². The summed E-state index contributed by atoms with van der Waals surface area (Å²) in [6, 6.07) is 9.23. The van der Waals surface area contributed by atoms with Crippen LogP contribution in [0.2, 0.25) is 0 Å². The molecule has 1 atom stereocenters. The largest absolute Gasteiger partial charge is 0.377 e. The number of amides is 2. The number of rotatable bonds is 5. The average Bonchev–Trinajstić information content (AvgIpc) is 2.52. The van der Waals surface area contributed by atoms with Crippen LogP contribution in [0.15, 0.2) is 30.3 Å². The SMILES string of the molecule is C[C@H]1COCCN1C(=O)CCCNC(=O)c1ccccc1. The fourth-order valence-electron chi connectivity index (χ4n) is 2.37. The first-order valence-corrected chi connectivity index (χ1v) is 7.39. The predicted molar refractivity (Wildman–Crippen MR) is 80.0 cm³/mol. The van der Waals surface area contributed by atoms with Crippen LogP contribution in [0, 0.1) is 0 Å². The van der Waals surface area contributed by atoms with Crippen LogP contribution < -0.4 is 5.32 Å². The number of morpholine rings is 1. The van der Waals surface area contributed by atoms with E-state index in [1.807, 2.05) is 30.0 Å². The Morgan fingerprint density at radius 3 is 2.81 bits per heavy atom. The van der Waals surface area contributed by atoms with Crippen LogP contribution >= 0.6 is 0 Å². The summed E-state index contributed by atoms with van der Waals surface area (Å²) in [7, 11) is 0. The van der Waals surface area contributed by atoms with Gasteiger partial charge < -0.3 is 15.0 Å². The number of nitrogens with one attached hydrogen (secondary N) is 1. The van der Waals surface area contributed by atoms with Crippen LogP contribution in [-0.4, -0.2) is 49.1 Å². The highest BCUT2D eigenvalue weighted by atomic mass is 16.5. The van der Waals surface area contributed by atoms with Crippen molar-refractivity contribution >= 4 is 11.8 Å². The molecule has 5 nitrogen and oxygen atoms in total. The molecular formula is C16H22N2O3. The Balaban J connectivity index is 1.67. The van der Waals surface area contributed by atoms with Gasteiger partial charge in [0.2, 0.25) is 5.91 Å². The third-order valence-corrected chi connectivity index (χ3v) is 3.58. The smallest absolute Gasteiger partial charge is 0.251 e. The molecule has 1 fully saturated rings. The molecule has 0 aliphatic carbocycles. The maximum absolute atomic E-state index is 12.1. The fraction of sp³-hybridized carbons (Fsp3) is 0.500. The number of hydrogen-bond donors (Lipinski definition) is 1. The molecule has 0 radical (unpaired) electrons. The maximum atomic E-state index is 12.1. The van der Waals surface area contributed by atoms with E-state index in [4.69, 9.17) is 4.74 Å². The lowest BCUT2D eigenvalue weighted by Crippen LogP contribution is -2.47. The summed E-state index contributed by atoms with van der Waals surface area (Å²) in [5, 5.41) is 2.83. The highest BCUT2D eigenvalue weighted by Gasteiger charge is 2.22. The highest BCUT2D eigenvalue weighted by molar-refractivity contribution is 5.94. The molecule has 114 valence electrons. The van der Waals surface area contributed by atoms with Gasteiger partial charge in [0, 0.05) is 25.1 Å². The lowest BCUT2D eigenvalue weighted by atomic mass is 10.2. The summed E-state index contributed by atoms with van der Waals surface area (Å²) in [6.45, 7) is 4.39. The first-order valence-electron chi connectivity index (χ1n) is 7.39. The molecule has 0 bridgehead atoms. The van der Waals surface area contributed by atoms with Crippen LogP contribution in [0.5, 0.6) is 0 Å². The first-order chi connectivity index (χ1) is 10.2. The molecule has 2 amide bonds. The normalized spacial score (nSPS) is 18.3. The number of hydrogen-bond acceptors (Lipinski definition) is 3. The first kappa shape index (κ1) is 15.5. The Morgan fingerprint density at radius 1 is 1.33 bits per heavy atom. The van der Waals surface area contributed by atoms with E-state index < -0.39 is 0 Å². The Bertz CT molecular complexity index is 476. The third-order valence-electron chi connectivity index (χ3n) is 3.58. The van der Waals surface area contributed by atoms with Crippen molar-refractivity contribution in [3.63, 3.8) is 0 Å². The Morgan fingerprint density at radius 2 is 2.10 bits per heavy atom. The van der Waals surface area contributed by atoms with Gasteiger partial charge in [-0.15, -0.1) is 0 Å². The zero-order chi connectivity index (χ0) is 15.1. The van der Waals surface area contributed by atoms with Gasteiger partial charge in [0.1, 0.15) is 0 Å². The minimum absolute atomic E-state index is 0.0946. The van der Waals surface area contributed by atoms with Crippen LogP contribution in [0.4, 0.5) is 0 Å². The molecule has 0 spiro atoms. The number of carbonyl (C=O) groups is 2. The summed E-state index contributed by atoms with van der Waals surface area (Å²) in [6.07, 6.45) is 1.11. The van der Waals surface area contributed by atoms with Crippen molar-refractivity contribution in [2.45, 2.75) is 25.8 Å². The molecule has 1 aromatic carbocycles. The van der Waals surface area contributed by atoms with Gasteiger partial charge in [-0.25, -0.2) is 0 Å². The minimum atomic E-state index is -0.0946. The second kappa shape index (κ2) is 7.78. The molecule has 2 rings (SSSR count). The topological polar surface area (TPSA) is 58.6 Å². The fourth-order valence-corrected chi connectivity index (χ4v) is 2.37. The maximum Gasteiger partial charge on any atom is 0.251 e. The van der Waals surface area contributed by atoms with Gasteiger partial charge >= 0.3 is 0 Å². The summed E-state index contributed by atoms with van der Waals surface area (Å²) in [5.74, 6) is 0.0440. The van der Waals surface area contributed by atoms with Crippen molar-refractivity contribution in [1.29, 1.82) is 0 Å². The van der Waals surface area contributed by atoms with E-state index in [0.29, 0.717) is 44.7 Å². The Hall–Kier alpha value is -1.88. The minimum Gasteiger partial charge on any atom is -0.377 e. The number of benzene rings is 1. The molecule has 1 aliphatic rings. The van der Waals surface area contributed by atoms with E-state index in [1.165, 1.54) is 0 Å². The Labute approximate surface area is 125 Å². The summed E-state index contributed by atoms with van der Waals surface area (Å²) < 4.78 is 5.32. The molecule has 1 heterocycles. The summed E-state index contributed by atoms with van der Waals surface area (Å²) >= 11 is 0. The van der Waals surface area contributed by atoms with Crippen LogP contribution in [0.3, 0.4) is 0 Å². The van der Waals surface area contributed by atoms with Gasteiger partial charge in [0.15, 0.2) is 0 Å². The molecular weight excluding hydrogens is 268 g/mol. The molecule has 0 saturated carbocycles. The van der Waals surface area contributed by atoms with Crippen molar-refractivity contribution in [1.82, 2.24) is 10.2 Å². The van der Waals surface area contributed by atoms with Gasteiger partial charge in [-0.05, 0) is 25.5 Å². The van der Waals surface area contributed by atoms with E-state index in [0.717, 1.165) is 0 Å². The van der Waals surface area contributed by atoms with Crippen molar-refractivity contribution in [2.75, 3.05) is 26.3 Å². The van der Waals surface area contributed by atoms with E-state index in [2.05, 4.69) is 5.32 Å². The number of nitrogens with zero attached hydrogens (tertiary/aromatic N) is 1. The van der Waals surface area contributed by atoms with Crippen molar-refractivity contribution in [3.05, 3.63) is 35.9 Å². The predicted octanol–water partition coefficient (Wildman–Crippen LogP) is 1.44. The average molecular weight is 290 g/mol. The van der Waals surface area contributed by atoms with Crippen LogP contribution in [0.1, 0.15) is 30.1 Å². The van der Waals surface area contributed by atoms with Gasteiger partial charge in [0.05, 0.1) is 19.3 Å². The standard InChI is InChI=1S/C16H22N2O3/c1-13-12-21-11-10-18(13)15(19)8-5-9-17-16(20)14-6-3-2-4-7-14/h2-4,6-7,13H,5,8-12H2,1H3,(H,17,20)/t13-/m0/s1. The van der Waals surface area contributed by atoms with E-state index in [1.54, 1.807) is 12.1 Å². The number of carbonyl (C=O) groups excluding carboxylic acids is 2. The van der Waals surface area contributed by atoms with Crippen LogP contribution in [-0.2, 0) is 9.53 Å². The molecule has 1 aromatic rings. The van der Waals surface area contributed by atoms with Crippen molar-refractivity contribution in [2.24, 2.45) is 0 Å². The lowest BCUT2D eigenvalue weighted by molar-refractivity contribution is -0.139. The molecule has 21 heavy (non-hydrogen) atoms.